The van der Waals surface area contributed by atoms with Crippen molar-refractivity contribution < 1.29 is 9.63 Å². The van der Waals surface area contributed by atoms with Gasteiger partial charge in [0.1, 0.15) is 0 Å². The molecule has 0 spiro atoms. The number of benzene rings is 1. The van der Waals surface area contributed by atoms with Gasteiger partial charge in [-0.3, -0.25) is 9.63 Å². The normalized spacial score (nSPS) is 11.9. The van der Waals surface area contributed by atoms with Gasteiger partial charge in [-0.15, -0.1) is 6.58 Å². The number of allylic oxidation sites excluding steroid dienone is 1. The Bertz CT molecular complexity index is 384. The minimum Gasteiger partial charge on any atom is -0.275 e. The zero-order valence-corrected chi connectivity index (χ0v) is 10.6. The van der Waals surface area contributed by atoms with Crippen molar-refractivity contribution in [1.82, 2.24) is 5.06 Å². The van der Waals surface area contributed by atoms with Crippen LogP contribution in [0.25, 0.3) is 0 Å². The lowest BCUT2D eigenvalue weighted by molar-refractivity contribution is -0.170. The number of carbonyl (C=O) groups excluding carboxylic acids is 1. The molecule has 0 unspecified atom stereocenters. The van der Waals surface area contributed by atoms with E-state index in [2.05, 4.69) is 6.58 Å². The lowest BCUT2D eigenvalue weighted by Crippen LogP contribution is -2.30. The van der Waals surface area contributed by atoms with E-state index < -0.39 is 0 Å². The molecular weight excluding hydrogens is 214 g/mol. The van der Waals surface area contributed by atoms with Crippen LogP contribution in [-0.2, 0) is 9.63 Å². The molecule has 0 fully saturated rings. The first-order chi connectivity index (χ1) is 8.10. The van der Waals surface area contributed by atoms with E-state index in [-0.39, 0.29) is 11.8 Å². The van der Waals surface area contributed by atoms with E-state index in [4.69, 9.17) is 4.84 Å². The highest BCUT2D eigenvalue weighted by molar-refractivity contribution is 5.82. The van der Waals surface area contributed by atoms with E-state index in [9.17, 15) is 4.79 Å². The van der Waals surface area contributed by atoms with Crippen molar-refractivity contribution in [3.8, 4) is 0 Å². The molecule has 0 heterocycles. The Morgan fingerprint density at radius 3 is 2.53 bits per heavy atom. The van der Waals surface area contributed by atoms with Gasteiger partial charge in [-0.05, 0) is 18.9 Å². The van der Waals surface area contributed by atoms with E-state index in [0.29, 0.717) is 6.42 Å². The summed E-state index contributed by atoms with van der Waals surface area (Å²) >= 11 is 0. The van der Waals surface area contributed by atoms with Gasteiger partial charge in [0.05, 0.1) is 13.0 Å². The zero-order valence-electron chi connectivity index (χ0n) is 10.6. The fraction of sp³-hybridized carbons (Fsp3) is 0.357. The third-order valence-corrected chi connectivity index (χ3v) is 2.76. The van der Waals surface area contributed by atoms with Crippen LogP contribution in [0, 0.1) is 6.92 Å². The summed E-state index contributed by atoms with van der Waals surface area (Å²) in [5, 5.41) is 1.26. The molecule has 1 rings (SSSR count). The second kappa shape index (κ2) is 6.21. The molecule has 0 aromatic heterocycles. The fourth-order valence-electron chi connectivity index (χ4n) is 1.65. The fourth-order valence-corrected chi connectivity index (χ4v) is 1.65. The molecule has 92 valence electrons. The first-order valence-corrected chi connectivity index (χ1v) is 5.59. The summed E-state index contributed by atoms with van der Waals surface area (Å²) in [5.41, 5.74) is 2.17. The predicted molar refractivity (Wildman–Crippen MR) is 68.5 cm³/mol. The predicted octanol–water partition coefficient (Wildman–Crippen LogP) is 2.67. The quantitative estimate of drug-likeness (QED) is 0.578. The molecule has 0 saturated heterocycles. The molecule has 0 saturated carbocycles. The molecule has 0 aliphatic rings. The van der Waals surface area contributed by atoms with Crippen LogP contribution >= 0.6 is 0 Å². The summed E-state index contributed by atoms with van der Waals surface area (Å²) in [4.78, 5) is 17.0. The number of aryl methyl sites for hydroxylation is 1. The molecule has 0 bridgehead atoms. The molecule has 1 atom stereocenters. The van der Waals surface area contributed by atoms with Crippen LogP contribution in [0.15, 0.2) is 36.9 Å². The van der Waals surface area contributed by atoms with Crippen molar-refractivity contribution in [3.63, 3.8) is 0 Å². The van der Waals surface area contributed by atoms with Crippen molar-refractivity contribution in [2.45, 2.75) is 19.3 Å². The molecule has 0 aliphatic carbocycles. The first kappa shape index (κ1) is 13.5. The molecule has 0 radical (unpaired) electrons. The van der Waals surface area contributed by atoms with Gasteiger partial charge in [0.2, 0.25) is 0 Å². The SMILES string of the molecule is C=CC[C@H](C(=O)N(C)OC)c1ccc(C)cc1. The summed E-state index contributed by atoms with van der Waals surface area (Å²) in [6.45, 7) is 5.72. The van der Waals surface area contributed by atoms with Gasteiger partial charge < -0.3 is 0 Å². The second-order valence-electron chi connectivity index (χ2n) is 4.01. The molecule has 1 aromatic rings. The smallest absolute Gasteiger partial charge is 0.253 e. The molecule has 3 heteroatoms. The van der Waals surface area contributed by atoms with E-state index in [1.54, 1.807) is 13.1 Å². The van der Waals surface area contributed by atoms with Gasteiger partial charge in [0.25, 0.3) is 5.91 Å². The lowest BCUT2D eigenvalue weighted by atomic mass is 9.94. The van der Waals surface area contributed by atoms with Crippen molar-refractivity contribution in [3.05, 3.63) is 48.0 Å². The van der Waals surface area contributed by atoms with Gasteiger partial charge in [-0.1, -0.05) is 35.9 Å². The minimum absolute atomic E-state index is 0.0590. The maximum Gasteiger partial charge on any atom is 0.253 e. The molecule has 1 amide bonds. The van der Waals surface area contributed by atoms with Crippen LogP contribution < -0.4 is 0 Å². The number of hydroxylamine groups is 2. The number of hydrogen-bond acceptors (Lipinski definition) is 2. The summed E-state index contributed by atoms with van der Waals surface area (Å²) < 4.78 is 0. The maximum absolute atomic E-state index is 12.1. The highest BCUT2D eigenvalue weighted by atomic mass is 16.7. The number of amides is 1. The highest BCUT2D eigenvalue weighted by Crippen LogP contribution is 2.22. The van der Waals surface area contributed by atoms with E-state index in [0.717, 1.165) is 5.56 Å². The van der Waals surface area contributed by atoms with Gasteiger partial charge in [0.15, 0.2) is 0 Å². The van der Waals surface area contributed by atoms with Crippen molar-refractivity contribution in [2.75, 3.05) is 14.2 Å². The Morgan fingerprint density at radius 2 is 2.06 bits per heavy atom. The maximum atomic E-state index is 12.1. The summed E-state index contributed by atoms with van der Waals surface area (Å²) in [6, 6.07) is 7.97. The summed E-state index contributed by atoms with van der Waals surface area (Å²) in [7, 11) is 3.10. The van der Waals surface area contributed by atoms with Crippen molar-refractivity contribution in [2.24, 2.45) is 0 Å². The van der Waals surface area contributed by atoms with Crippen LogP contribution in [0.3, 0.4) is 0 Å². The van der Waals surface area contributed by atoms with Crippen molar-refractivity contribution in [1.29, 1.82) is 0 Å². The average Bonchev–Trinajstić information content (AvgIpc) is 2.35. The van der Waals surface area contributed by atoms with E-state index in [1.807, 2.05) is 31.2 Å². The number of nitrogens with zero attached hydrogens (tertiary/aromatic N) is 1. The topological polar surface area (TPSA) is 29.5 Å². The standard InChI is InChI=1S/C14H19NO2/c1-5-6-13(14(16)15(3)17-4)12-9-7-11(2)8-10-12/h5,7-10,13H,1,6H2,2-4H3/t13-/m0/s1. The van der Waals surface area contributed by atoms with Crippen LogP contribution in [0.5, 0.6) is 0 Å². The third kappa shape index (κ3) is 3.43. The number of hydrogen-bond donors (Lipinski definition) is 0. The molecule has 3 nitrogen and oxygen atoms in total. The van der Waals surface area contributed by atoms with Gasteiger partial charge in [-0.2, -0.15) is 0 Å². The Balaban J connectivity index is 2.96. The van der Waals surface area contributed by atoms with E-state index in [1.165, 1.54) is 17.7 Å². The Morgan fingerprint density at radius 1 is 1.47 bits per heavy atom. The molecule has 0 aliphatic heterocycles. The number of likely N-dealkylation sites (N-methyl/N-ethyl adjacent to an activating group) is 1. The van der Waals surface area contributed by atoms with Crippen LogP contribution in [0.4, 0.5) is 0 Å². The van der Waals surface area contributed by atoms with Gasteiger partial charge in [0, 0.05) is 7.05 Å². The Kier molecular flexibility index (Phi) is 4.91. The monoisotopic (exact) mass is 233 g/mol. The highest BCUT2D eigenvalue weighted by Gasteiger charge is 2.22. The molecular formula is C14H19NO2. The largest absolute Gasteiger partial charge is 0.275 e. The molecule has 17 heavy (non-hydrogen) atoms. The average molecular weight is 233 g/mol. The number of rotatable bonds is 5. The minimum atomic E-state index is -0.224. The van der Waals surface area contributed by atoms with Gasteiger partial charge >= 0.3 is 0 Å². The summed E-state index contributed by atoms with van der Waals surface area (Å²) in [6.07, 6.45) is 2.36. The second-order valence-corrected chi connectivity index (χ2v) is 4.01. The van der Waals surface area contributed by atoms with Crippen LogP contribution in [0.1, 0.15) is 23.5 Å². The molecule has 0 N–H and O–H groups in total. The van der Waals surface area contributed by atoms with Crippen molar-refractivity contribution >= 4 is 5.91 Å². The van der Waals surface area contributed by atoms with Crippen LogP contribution in [-0.4, -0.2) is 25.1 Å². The zero-order chi connectivity index (χ0) is 12.8. The Labute approximate surface area is 103 Å². The molecule has 1 aromatic carbocycles. The third-order valence-electron chi connectivity index (χ3n) is 2.76. The van der Waals surface area contributed by atoms with Crippen LogP contribution in [0.2, 0.25) is 0 Å². The first-order valence-electron chi connectivity index (χ1n) is 5.59. The summed E-state index contributed by atoms with van der Waals surface area (Å²) in [5.74, 6) is -0.283. The van der Waals surface area contributed by atoms with E-state index >= 15 is 0 Å². The lowest BCUT2D eigenvalue weighted by Gasteiger charge is -2.21. The van der Waals surface area contributed by atoms with Gasteiger partial charge in [-0.25, -0.2) is 5.06 Å². The Hall–Kier alpha value is -1.61. The number of carbonyl (C=O) groups is 1.